The first-order chi connectivity index (χ1) is 10.3. The third kappa shape index (κ3) is 3.36. The van der Waals surface area contributed by atoms with Gasteiger partial charge in [0.05, 0.1) is 18.7 Å². The van der Waals surface area contributed by atoms with Crippen molar-refractivity contribution in [1.82, 2.24) is 15.1 Å². The average Bonchev–Trinajstić information content (AvgIpc) is 2.85. The SMILES string of the molecule is Cc1ccc(F)c(CNC(=O)N2C[C@H](O)[C@@H](N(C)C)C2)c1F. The van der Waals surface area contributed by atoms with Gasteiger partial charge in [0.2, 0.25) is 0 Å². The number of benzene rings is 1. The van der Waals surface area contributed by atoms with Gasteiger partial charge in [0.25, 0.3) is 0 Å². The lowest BCUT2D eigenvalue weighted by Gasteiger charge is -2.21. The Labute approximate surface area is 128 Å². The molecule has 0 aliphatic carbocycles. The minimum Gasteiger partial charge on any atom is -0.390 e. The van der Waals surface area contributed by atoms with Gasteiger partial charge in [-0.2, -0.15) is 0 Å². The Morgan fingerprint density at radius 1 is 1.41 bits per heavy atom. The van der Waals surface area contributed by atoms with E-state index in [-0.39, 0.29) is 24.7 Å². The van der Waals surface area contributed by atoms with Crippen LogP contribution in [0.4, 0.5) is 13.6 Å². The largest absolute Gasteiger partial charge is 0.390 e. The van der Waals surface area contributed by atoms with Gasteiger partial charge in [-0.3, -0.25) is 0 Å². The maximum atomic E-state index is 13.9. The summed E-state index contributed by atoms with van der Waals surface area (Å²) in [5.74, 6) is -1.33. The number of halogens is 2. The maximum Gasteiger partial charge on any atom is 0.317 e. The summed E-state index contributed by atoms with van der Waals surface area (Å²) in [5, 5.41) is 12.4. The second-order valence-corrected chi connectivity index (χ2v) is 5.82. The average molecular weight is 313 g/mol. The minimum atomic E-state index is -0.684. The molecular formula is C15H21F2N3O2. The quantitative estimate of drug-likeness (QED) is 0.878. The van der Waals surface area contributed by atoms with Crippen molar-refractivity contribution in [3.63, 3.8) is 0 Å². The Bertz CT molecular complexity index is 566. The van der Waals surface area contributed by atoms with E-state index in [1.165, 1.54) is 17.0 Å². The second kappa shape index (κ2) is 6.58. The molecular weight excluding hydrogens is 292 g/mol. The van der Waals surface area contributed by atoms with Gasteiger partial charge in [0.15, 0.2) is 0 Å². The summed E-state index contributed by atoms with van der Waals surface area (Å²) in [7, 11) is 3.65. The predicted octanol–water partition coefficient (Wildman–Crippen LogP) is 1.09. The van der Waals surface area contributed by atoms with E-state index in [9.17, 15) is 18.7 Å². The number of aryl methyl sites for hydroxylation is 1. The highest BCUT2D eigenvalue weighted by molar-refractivity contribution is 5.74. The number of aliphatic hydroxyl groups excluding tert-OH is 1. The molecule has 1 aliphatic heterocycles. The normalized spacial score (nSPS) is 21.5. The number of carbonyl (C=O) groups excluding carboxylic acids is 1. The fourth-order valence-electron chi connectivity index (χ4n) is 2.60. The molecule has 1 saturated heterocycles. The molecule has 2 rings (SSSR count). The zero-order valence-electron chi connectivity index (χ0n) is 12.9. The molecule has 0 radical (unpaired) electrons. The van der Waals surface area contributed by atoms with Crippen molar-refractivity contribution in [1.29, 1.82) is 0 Å². The van der Waals surface area contributed by atoms with Gasteiger partial charge < -0.3 is 20.2 Å². The molecule has 1 aliphatic rings. The van der Waals surface area contributed by atoms with E-state index in [1.54, 1.807) is 6.92 Å². The summed E-state index contributed by atoms with van der Waals surface area (Å²) in [4.78, 5) is 15.4. The first kappa shape index (κ1) is 16.6. The third-order valence-corrected chi connectivity index (χ3v) is 4.01. The number of amides is 2. The van der Waals surface area contributed by atoms with Gasteiger partial charge in [0, 0.05) is 18.7 Å². The van der Waals surface area contributed by atoms with Gasteiger partial charge in [-0.05, 0) is 32.6 Å². The highest BCUT2D eigenvalue weighted by Crippen LogP contribution is 2.17. The summed E-state index contributed by atoms with van der Waals surface area (Å²) in [6.45, 7) is 1.89. The van der Waals surface area contributed by atoms with E-state index >= 15 is 0 Å². The summed E-state index contributed by atoms with van der Waals surface area (Å²) in [6, 6.07) is 1.96. The summed E-state index contributed by atoms with van der Waals surface area (Å²) >= 11 is 0. The summed E-state index contributed by atoms with van der Waals surface area (Å²) in [5.41, 5.74) is 0.173. The first-order valence-electron chi connectivity index (χ1n) is 7.12. The van der Waals surface area contributed by atoms with Crippen LogP contribution in [0.1, 0.15) is 11.1 Å². The molecule has 122 valence electrons. The van der Waals surface area contributed by atoms with Crippen LogP contribution in [-0.4, -0.2) is 60.3 Å². The molecule has 1 aromatic carbocycles. The lowest BCUT2D eigenvalue weighted by atomic mass is 10.1. The van der Waals surface area contributed by atoms with Crippen LogP contribution >= 0.6 is 0 Å². The van der Waals surface area contributed by atoms with Crippen LogP contribution in [0, 0.1) is 18.6 Å². The summed E-state index contributed by atoms with van der Waals surface area (Å²) < 4.78 is 27.5. The van der Waals surface area contributed by atoms with Crippen molar-refractivity contribution >= 4 is 6.03 Å². The van der Waals surface area contributed by atoms with E-state index in [4.69, 9.17) is 0 Å². The first-order valence-corrected chi connectivity index (χ1v) is 7.12. The van der Waals surface area contributed by atoms with E-state index in [2.05, 4.69) is 5.32 Å². The fourth-order valence-corrected chi connectivity index (χ4v) is 2.60. The van der Waals surface area contributed by atoms with Crippen molar-refractivity contribution < 1.29 is 18.7 Å². The highest BCUT2D eigenvalue weighted by Gasteiger charge is 2.35. The van der Waals surface area contributed by atoms with E-state index < -0.39 is 23.8 Å². The van der Waals surface area contributed by atoms with Crippen LogP contribution in [0.5, 0.6) is 0 Å². The molecule has 0 saturated carbocycles. The third-order valence-electron chi connectivity index (χ3n) is 4.01. The maximum absolute atomic E-state index is 13.9. The number of likely N-dealkylation sites (N-methyl/N-ethyl adjacent to an activating group) is 1. The lowest BCUT2D eigenvalue weighted by molar-refractivity contribution is 0.113. The van der Waals surface area contributed by atoms with Crippen LogP contribution in [0.2, 0.25) is 0 Å². The van der Waals surface area contributed by atoms with E-state index in [0.717, 1.165) is 0 Å². The highest BCUT2D eigenvalue weighted by atomic mass is 19.1. The van der Waals surface area contributed by atoms with Gasteiger partial charge in [-0.25, -0.2) is 13.6 Å². The number of rotatable bonds is 3. The molecule has 22 heavy (non-hydrogen) atoms. The number of carbonyl (C=O) groups is 1. The minimum absolute atomic E-state index is 0.141. The Hall–Kier alpha value is -1.73. The van der Waals surface area contributed by atoms with Gasteiger partial charge >= 0.3 is 6.03 Å². The Kier molecular flexibility index (Phi) is 4.97. The standard InChI is InChI=1S/C15H21F2N3O2/c1-9-4-5-11(16)10(14(9)17)6-18-15(22)20-7-12(19(2)3)13(21)8-20/h4-5,12-13,21H,6-8H2,1-3H3,(H,18,22)/t12-,13-/m0/s1. The molecule has 1 heterocycles. The monoisotopic (exact) mass is 313 g/mol. The van der Waals surface area contributed by atoms with Gasteiger partial charge in [-0.1, -0.05) is 6.07 Å². The van der Waals surface area contributed by atoms with E-state index in [0.29, 0.717) is 12.1 Å². The number of likely N-dealkylation sites (tertiary alicyclic amines) is 1. The van der Waals surface area contributed by atoms with Crippen molar-refractivity contribution in [2.24, 2.45) is 0 Å². The Balaban J connectivity index is 1.98. The molecule has 2 atom stereocenters. The predicted molar refractivity (Wildman–Crippen MR) is 78.4 cm³/mol. The number of nitrogens with zero attached hydrogens (tertiary/aromatic N) is 2. The van der Waals surface area contributed by atoms with Gasteiger partial charge in [0.1, 0.15) is 11.6 Å². The van der Waals surface area contributed by atoms with Crippen molar-refractivity contribution in [3.05, 3.63) is 34.9 Å². The zero-order valence-corrected chi connectivity index (χ0v) is 12.9. The number of hydrogen-bond donors (Lipinski definition) is 2. The molecule has 1 fully saturated rings. The number of β-amino-alcohol motifs (C(OH)–C–C–N with tert-alkyl or cyclic N) is 1. The molecule has 0 bridgehead atoms. The molecule has 2 N–H and O–H groups in total. The molecule has 0 unspecified atom stereocenters. The van der Waals surface area contributed by atoms with Crippen molar-refractivity contribution in [2.45, 2.75) is 25.6 Å². The topological polar surface area (TPSA) is 55.8 Å². The Morgan fingerprint density at radius 3 is 2.68 bits per heavy atom. The van der Waals surface area contributed by atoms with Crippen LogP contribution in [0.15, 0.2) is 12.1 Å². The number of hydrogen-bond acceptors (Lipinski definition) is 3. The molecule has 2 amide bonds. The van der Waals surface area contributed by atoms with Crippen molar-refractivity contribution in [2.75, 3.05) is 27.2 Å². The second-order valence-electron chi connectivity index (χ2n) is 5.82. The molecule has 1 aromatic rings. The fraction of sp³-hybridized carbons (Fsp3) is 0.533. The van der Waals surface area contributed by atoms with Crippen LogP contribution in [-0.2, 0) is 6.54 Å². The van der Waals surface area contributed by atoms with Crippen LogP contribution in [0.3, 0.4) is 0 Å². The van der Waals surface area contributed by atoms with E-state index in [1.807, 2.05) is 19.0 Å². The zero-order chi connectivity index (χ0) is 16.4. The van der Waals surface area contributed by atoms with Gasteiger partial charge in [-0.15, -0.1) is 0 Å². The smallest absolute Gasteiger partial charge is 0.317 e. The van der Waals surface area contributed by atoms with Crippen LogP contribution < -0.4 is 5.32 Å². The summed E-state index contributed by atoms with van der Waals surface area (Å²) in [6.07, 6.45) is -0.631. The molecule has 0 spiro atoms. The number of nitrogens with one attached hydrogen (secondary N) is 1. The molecule has 0 aromatic heterocycles. The number of aliphatic hydroxyl groups is 1. The molecule has 7 heteroatoms. The Morgan fingerprint density at radius 2 is 2.09 bits per heavy atom. The van der Waals surface area contributed by atoms with Crippen LogP contribution in [0.25, 0.3) is 0 Å². The molecule has 5 nitrogen and oxygen atoms in total. The lowest BCUT2D eigenvalue weighted by Crippen LogP contribution is -2.40. The number of urea groups is 1. The van der Waals surface area contributed by atoms with Crippen molar-refractivity contribution in [3.8, 4) is 0 Å².